The molecule has 0 amide bonds. The Morgan fingerprint density at radius 1 is 1.50 bits per heavy atom. The SMILES string of the molecule is CCOc1ccc2c(c1)[C@H](O)CC(C)(C)O2. The van der Waals surface area contributed by atoms with E-state index in [0.717, 1.165) is 17.1 Å². The Hall–Kier alpha value is -1.22. The number of fused-ring (bicyclic) bond motifs is 1. The summed E-state index contributed by atoms with van der Waals surface area (Å²) in [6.07, 6.45) is 0.134. The molecule has 1 atom stereocenters. The molecule has 1 heterocycles. The summed E-state index contributed by atoms with van der Waals surface area (Å²) in [4.78, 5) is 0. The molecule has 0 fully saturated rings. The summed E-state index contributed by atoms with van der Waals surface area (Å²) in [5.41, 5.74) is 0.518. The van der Waals surface area contributed by atoms with Crippen LogP contribution in [0, 0.1) is 0 Å². The molecule has 0 aliphatic carbocycles. The molecule has 1 aliphatic heterocycles. The van der Waals surface area contributed by atoms with Crippen LogP contribution in [0.2, 0.25) is 0 Å². The number of hydrogen-bond acceptors (Lipinski definition) is 3. The number of aliphatic hydroxyl groups excluding tert-OH is 1. The van der Waals surface area contributed by atoms with E-state index in [1.807, 2.05) is 39.0 Å². The van der Waals surface area contributed by atoms with Crippen LogP contribution in [0.5, 0.6) is 11.5 Å². The van der Waals surface area contributed by atoms with Crippen LogP contribution in [-0.2, 0) is 0 Å². The quantitative estimate of drug-likeness (QED) is 0.836. The first kappa shape index (κ1) is 11.3. The molecule has 1 N–H and O–H groups in total. The molecule has 0 bridgehead atoms. The molecule has 2 rings (SSSR count). The van der Waals surface area contributed by atoms with Gasteiger partial charge in [0, 0.05) is 12.0 Å². The van der Waals surface area contributed by atoms with Crippen molar-refractivity contribution in [3.63, 3.8) is 0 Å². The van der Waals surface area contributed by atoms with Crippen molar-refractivity contribution >= 4 is 0 Å². The number of rotatable bonds is 2. The average Bonchev–Trinajstić information content (AvgIpc) is 2.18. The highest BCUT2D eigenvalue weighted by Crippen LogP contribution is 2.40. The van der Waals surface area contributed by atoms with Gasteiger partial charge in [-0.15, -0.1) is 0 Å². The number of hydrogen-bond donors (Lipinski definition) is 1. The van der Waals surface area contributed by atoms with Crippen molar-refractivity contribution in [1.82, 2.24) is 0 Å². The molecule has 1 aliphatic rings. The summed E-state index contributed by atoms with van der Waals surface area (Å²) in [6, 6.07) is 5.60. The number of benzene rings is 1. The van der Waals surface area contributed by atoms with Crippen molar-refractivity contribution in [2.75, 3.05) is 6.61 Å². The van der Waals surface area contributed by atoms with Gasteiger partial charge in [-0.25, -0.2) is 0 Å². The van der Waals surface area contributed by atoms with E-state index < -0.39 is 6.10 Å². The zero-order valence-electron chi connectivity index (χ0n) is 9.99. The van der Waals surface area contributed by atoms with E-state index in [1.165, 1.54) is 0 Å². The first-order valence-electron chi connectivity index (χ1n) is 5.65. The zero-order valence-corrected chi connectivity index (χ0v) is 9.99. The molecule has 0 saturated carbocycles. The summed E-state index contributed by atoms with van der Waals surface area (Å²) in [6.45, 7) is 6.53. The topological polar surface area (TPSA) is 38.7 Å². The van der Waals surface area contributed by atoms with Crippen molar-refractivity contribution in [3.05, 3.63) is 23.8 Å². The Morgan fingerprint density at radius 2 is 2.25 bits per heavy atom. The zero-order chi connectivity index (χ0) is 11.8. The molecule has 88 valence electrons. The summed E-state index contributed by atoms with van der Waals surface area (Å²) in [5.74, 6) is 1.54. The highest BCUT2D eigenvalue weighted by Gasteiger charge is 2.32. The molecule has 3 nitrogen and oxygen atoms in total. The van der Waals surface area contributed by atoms with Crippen LogP contribution in [0.25, 0.3) is 0 Å². The van der Waals surface area contributed by atoms with Crippen molar-refractivity contribution < 1.29 is 14.6 Å². The third-order valence-corrected chi connectivity index (χ3v) is 2.72. The summed E-state index contributed by atoms with van der Waals surface area (Å²) in [5, 5.41) is 10.1. The van der Waals surface area contributed by atoms with E-state index >= 15 is 0 Å². The van der Waals surface area contributed by atoms with Crippen molar-refractivity contribution in [2.45, 2.75) is 38.9 Å². The van der Waals surface area contributed by atoms with E-state index in [4.69, 9.17) is 9.47 Å². The summed E-state index contributed by atoms with van der Waals surface area (Å²) < 4.78 is 11.2. The first-order valence-corrected chi connectivity index (χ1v) is 5.65. The Kier molecular flexibility index (Phi) is 2.80. The smallest absolute Gasteiger partial charge is 0.126 e. The highest BCUT2D eigenvalue weighted by atomic mass is 16.5. The normalized spacial score (nSPS) is 22.1. The van der Waals surface area contributed by atoms with Gasteiger partial charge >= 0.3 is 0 Å². The molecule has 16 heavy (non-hydrogen) atoms. The van der Waals surface area contributed by atoms with E-state index in [0.29, 0.717) is 13.0 Å². The van der Waals surface area contributed by atoms with E-state index in [9.17, 15) is 5.11 Å². The van der Waals surface area contributed by atoms with Crippen molar-refractivity contribution in [3.8, 4) is 11.5 Å². The van der Waals surface area contributed by atoms with Crippen molar-refractivity contribution in [2.24, 2.45) is 0 Å². The van der Waals surface area contributed by atoms with Crippen LogP contribution in [0.15, 0.2) is 18.2 Å². The highest BCUT2D eigenvalue weighted by molar-refractivity contribution is 5.43. The third kappa shape index (κ3) is 2.14. The van der Waals surface area contributed by atoms with Crippen LogP contribution in [0.3, 0.4) is 0 Å². The summed E-state index contributed by atoms with van der Waals surface area (Å²) in [7, 11) is 0. The van der Waals surface area contributed by atoms with E-state index in [-0.39, 0.29) is 5.60 Å². The fraction of sp³-hybridized carbons (Fsp3) is 0.538. The maximum atomic E-state index is 10.1. The van der Waals surface area contributed by atoms with E-state index in [1.54, 1.807) is 0 Å². The Balaban J connectivity index is 2.33. The molecule has 0 unspecified atom stereocenters. The molecular weight excluding hydrogens is 204 g/mol. The Labute approximate surface area is 96.0 Å². The van der Waals surface area contributed by atoms with Gasteiger partial charge in [0.1, 0.15) is 17.1 Å². The van der Waals surface area contributed by atoms with Gasteiger partial charge < -0.3 is 14.6 Å². The van der Waals surface area contributed by atoms with Gasteiger partial charge in [0.2, 0.25) is 0 Å². The minimum atomic E-state index is -0.473. The second kappa shape index (κ2) is 3.98. The second-order valence-electron chi connectivity index (χ2n) is 4.71. The first-order chi connectivity index (χ1) is 7.52. The fourth-order valence-corrected chi connectivity index (χ4v) is 2.05. The maximum absolute atomic E-state index is 10.1. The van der Waals surface area contributed by atoms with Gasteiger partial charge in [0.15, 0.2) is 0 Å². The van der Waals surface area contributed by atoms with Gasteiger partial charge in [-0.1, -0.05) is 0 Å². The minimum Gasteiger partial charge on any atom is -0.494 e. The predicted octanol–water partition coefficient (Wildman–Crippen LogP) is 2.68. The van der Waals surface area contributed by atoms with Crippen molar-refractivity contribution in [1.29, 1.82) is 0 Å². The lowest BCUT2D eigenvalue weighted by atomic mass is 9.92. The van der Waals surface area contributed by atoms with Crippen LogP contribution in [0.1, 0.15) is 38.9 Å². The lowest BCUT2D eigenvalue weighted by Crippen LogP contribution is -2.34. The molecule has 0 saturated heterocycles. The van der Waals surface area contributed by atoms with Gasteiger partial charge in [-0.2, -0.15) is 0 Å². The van der Waals surface area contributed by atoms with Gasteiger partial charge in [-0.3, -0.25) is 0 Å². The fourth-order valence-electron chi connectivity index (χ4n) is 2.05. The van der Waals surface area contributed by atoms with Gasteiger partial charge in [0.25, 0.3) is 0 Å². The largest absolute Gasteiger partial charge is 0.494 e. The van der Waals surface area contributed by atoms with Crippen LogP contribution < -0.4 is 9.47 Å². The molecule has 0 aromatic heterocycles. The molecule has 1 aromatic carbocycles. The molecule has 0 radical (unpaired) electrons. The number of aliphatic hydroxyl groups is 1. The standard InChI is InChI=1S/C13H18O3/c1-4-15-9-5-6-12-10(7-9)11(14)8-13(2,3)16-12/h5-7,11,14H,4,8H2,1-3H3/t11-/m1/s1. The second-order valence-corrected chi connectivity index (χ2v) is 4.71. The Morgan fingerprint density at radius 3 is 2.94 bits per heavy atom. The maximum Gasteiger partial charge on any atom is 0.126 e. The lowest BCUT2D eigenvalue weighted by molar-refractivity contribution is 0.0113. The molecule has 0 spiro atoms. The average molecular weight is 222 g/mol. The third-order valence-electron chi connectivity index (χ3n) is 2.72. The predicted molar refractivity (Wildman–Crippen MR) is 61.9 cm³/mol. The van der Waals surface area contributed by atoms with Crippen LogP contribution >= 0.6 is 0 Å². The molecule has 1 aromatic rings. The van der Waals surface area contributed by atoms with Gasteiger partial charge in [-0.05, 0) is 39.0 Å². The van der Waals surface area contributed by atoms with Gasteiger partial charge in [0.05, 0.1) is 12.7 Å². The molecule has 3 heteroatoms. The number of ether oxygens (including phenoxy) is 2. The lowest BCUT2D eigenvalue weighted by Gasteiger charge is -2.35. The Bertz CT molecular complexity index is 385. The molecular formula is C13H18O3. The summed E-state index contributed by atoms with van der Waals surface area (Å²) >= 11 is 0. The minimum absolute atomic E-state index is 0.306. The van der Waals surface area contributed by atoms with E-state index in [2.05, 4.69) is 0 Å². The van der Waals surface area contributed by atoms with Crippen LogP contribution in [-0.4, -0.2) is 17.3 Å². The van der Waals surface area contributed by atoms with Crippen LogP contribution in [0.4, 0.5) is 0 Å². The monoisotopic (exact) mass is 222 g/mol.